The summed E-state index contributed by atoms with van der Waals surface area (Å²) in [6.07, 6.45) is 24.4. The van der Waals surface area contributed by atoms with Gasteiger partial charge in [-0.05, 0) is 78.0 Å². The second kappa shape index (κ2) is 11.8. The van der Waals surface area contributed by atoms with E-state index in [0.717, 1.165) is 50.9 Å². The molecule has 176 valence electrons. The fraction of sp³-hybridized carbons (Fsp3) is 0.250. The Morgan fingerprint density at radius 1 is 0.441 bits per heavy atom. The number of aromatic nitrogens is 6. The largest absolute Gasteiger partial charge is 0.278 e. The number of nitrogens with zero attached hydrogens (tertiary/aromatic N) is 3. The Balaban J connectivity index is 2.54. The molecule has 3 aromatic rings. The first-order valence-corrected chi connectivity index (χ1v) is 11.7. The zero-order chi connectivity index (χ0) is 24.5. The van der Waals surface area contributed by atoms with Gasteiger partial charge >= 0.3 is 0 Å². The summed E-state index contributed by atoms with van der Waals surface area (Å²) in [4.78, 5) is 0. The Morgan fingerprint density at radius 2 is 0.706 bits per heavy atom. The third-order valence-corrected chi connectivity index (χ3v) is 5.43. The van der Waals surface area contributed by atoms with Crippen LogP contribution in [0.5, 0.6) is 0 Å². The van der Waals surface area contributed by atoms with E-state index in [2.05, 4.69) is 48.8 Å². The first-order chi connectivity index (χ1) is 16.6. The molecule has 6 nitrogen and oxygen atoms in total. The van der Waals surface area contributed by atoms with E-state index in [1.807, 2.05) is 96.2 Å². The lowest BCUT2D eigenvalue weighted by molar-refractivity contribution is 0.960. The smallest absolute Gasteiger partial charge is 0.0893 e. The minimum Gasteiger partial charge on any atom is -0.278 e. The molecule has 6 heteroatoms. The van der Waals surface area contributed by atoms with Crippen molar-refractivity contribution in [3.63, 3.8) is 0 Å². The predicted molar refractivity (Wildman–Crippen MR) is 145 cm³/mol. The van der Waals surface area contributed by atoms with Crippen molar-refractivity contribution in [2.45, 2.75) is 47.5 Å². The molecule has 0 bridgehead atoms. The number of aromatic amines is 3. The summed E-state index contributed by atoms with van der Waals surface area (Å²) in [7, 11) is 0. The van der Waals surface area contributed by atoms with Gasteiger partial charge in [-0.2, -0.15) is 15.3 Å². The summed E-state index contributed by atoms with van der Waals surface area (Å²) in [5.41, 5.74) is 8.76. The van der Waals surface area contributed by atoms with Crippen LogP contribution in [0, 0.1) is 0 Å². The minimum atomic E-state index is -0.191. The lowest BCUT2D eigenvalue weighted by Crippen LogP contribution is -2.10. The number of rotatable bonds is 9. The zero-order valence-electron chi connectivity index (χ0n) is 20.8. The highest BCUT2D eigenvalue weighted by molar-refractivity contribution is 5.73. The Morgan fingerprint density at radius 3 is 0.941 bits per heavy atom. The van der Waals surface area contributed by atoms with Crippen LogP contribution in [0.1, 0.15) is 98.3 Å². The molecule has 0 aliphatic heterocycles. The van der Waals surface area contributed by atoms with Crippen LogP contribution in [0.15, 0.2) is 36.5 Å². The average Bonchev–Trinajstić information content (AvgIpc) is 3.51. The van der Waals surface area contributed by atoms with Gasteiger partial charge in [0.15, 0.2) is 0 Å². The molecule has 0 aromatic carbocycles. The third kappa shape index (κ3) is 4.86. The van der Waals surface area contributed by atoms with E-state index >= 15 is 0 Å². The van der Waals surface area contributed by atoms with Crippen molar-refractivity contribution in [3.05, 3.63) is 87.3 Å². The Bertz CT molecular complexity index is 1020. The Kier molecular flexibility index (Phi) is 8.57. The lowest BCUT2D eigenvalue weighted by atomic mass is 9.80. The van der Waals surface area contributed by atoms with Crippen LogP contribution in [0.4, 0.5) is 0 Å². The molecule has 0 spiro atoms. The van der Waals surface area contributed by atoms with Crippen molar-refractivity contribution in [3.8, 4) is 0 Å². The molecule has 3 rings (SSSR count). The fourth-order valence-corrected chi connectivity index (χ4v) is 4.22. The van der Waals surface area contributed by atoms with Gasteiger partial charge in [0.2, 0.25) is 0 Å². The standard InChI is InChI=1S/C28H34N6/c1-7-13-19-25(20(14-8-2)30-29-19)28(26-21(15-9-3)31-32-22(26)16-10-4)27-23(17-11-5)33-34-24(27)18-12-6/h7-18,28H,1-6H3,(H,29,30)(H,31,32)(H,33,34). The topological polar surface area (TPSA) is 86.0 Å². The van der Waals surface area contributed by atoms with Crippen molar-refractivity contribution in [2.75, 3.05) is 0 Å². The number of hydrogen-bond donors (Lipinski definition) is 3. The number of nitrogens with one attached hydrogen (secondary N) is 3. The second-order valence-electron chi connectivity index (χ2n) is 7.74. The monoisotopic (exact) mass is 454 g/mol. The van der Waals surface area contributed by atoms with E-state index in [1.165, 1.54) is 0 Å². The van der Waals surface area contributed by atoms with E-state index in [-0.39, 0.29) is 5.92 Å². The van der Waals surface area contributed by atoms with Gasteiger partial charge in [-0.1, -0.05) is 36.5 Å². The SMILES string of the molecule is CC=Cc1n[nH]c(C=CC)c1C(c1c(C=CC)n[nH]c1C=CC)c1c(C=CC)n[nH]c1C=CC. The van der Waals surface area contributed by atoms with Crippen LogP contribution >= 0.6 is 0 Å². The molecule has 3 heterocycles. The van der Waals surface area contributed by atoms with Crippen LogP contribution in [-0.2, 0) is 0 Å². The summed E-state index contributed by atoms with van der Waals surface area (Å²) < 4.78 is 0. The Labute approximate surface area is 202 Å². The van der Waals surface area contributed by atoms with Crippen LogP contribution in [0.25, 0.3) is 36.5 Å². The first-order valence-electron chi connectivity index (χ1n) is 11.7. The highest BCUT2D eigenvalue weighted by atomic mass is 15.1. The van der Waals surface area contributed by atoms with E-state index in [9.17, 15) is 0 Å². The van der Waals surface area contributed by atoms with Gasteiger partial charge in [-0.15, -0.1) is 0 Å². The van der Waals surface area contributed by atoms with Crippen molar-refractivity contribution in [2.24, 2.45) is 0 Å². The zero-order valence-corrected chi connectivity index (χ0v) is 20.8. The summed E-state index contributed by atoms with van der Waals surface area (Å²) in [6.45, 7) is 12.1. The molecule has 0 radical (unpaired) electrons. The van der Waals surface area contributed by atoms with E-state index in [1.54, 1.807) is 0 Å². The van der Waals surface area contributed by atoms with Gasteiger partial charge in [-0.25, -0.2) is 0 Å². The predicted octanol–water partition coefficient (Wildman–Crippen LogP) is 7.23. The highest BCUT2D eigenvalue weighted by Gasteiger charge is 2.33. The van der Waals surface area contributed by atoms with Crippen molar-refractivity contribution in [1.82, 2.24) is 30.6 Å². The van der Waals surface area contributed by atoms with Gasteiger partial charge in [-0.3, -0.25) is 15.3 Å². The molecule has 0 atom stereocenters. The molecule has 0 fully saturated rings. The second-order valence-corrected chi connectivity index (χ2v) is 7.74. The molecule has 0 amide bonds. The molecule has 34 heavy (non-hydrogen) atoms. The molecule has 0 saturated carbocycles. The maximum absolute atomic E-state index is 4.67. The van der Waals surface area contributed by atoms with E-state index in [0.29, 0.717) is 0 Å². The number of hydrogen-bond acceptors (Lipinski definition) is 3. The van der Waals surface area contributed by atoms with E-state index < -0.39 is 0 Å². The van der Waals surface area contributed by atoms with Gasteiger partial charge in [0.1, 0.15) is 0 Å². The van der Waals surface area contributed by atoms with Crippen molar-refractivity contribution in [1.29, 1.82) is 0 Å². The summed E-state index contributed by atoms with van der Waals surface area (Å²) in [5, 5.41) is 23.8. The molecule has 0 aliphatic rings. The molecular weight excluding hydrogens is 420 g/mol. The summed E-state index contributed by atoms with van der Waals surface area (Å²) in [6, 6.07) is 0. The van der Waals surface area contributed by atoms with Gasteiger partial charge < -0.3 is 0 Å². The first kappa shape index (κ1) is 24.7. The van der Waals surface area contributed by atoms with Crippen molar-refractivity contribution >= 4 is 36.5 Å². The minimum absolute atomic E-state index is 0.191. The van der Waals surface area contributed by atoms with Crippen LogP contribution < -0.4 is 0 Å². The number of allylic oxidation sites excluding steroid dienone is 6. The van der Waals surface area contributed by atoms with E-state index in [4.69, 9.17) is 0 Å². The van der Waals surface area contributed by atoms with Gasteiger partial charge in [0, 0.05) is 22.6 Å². The van der Waals surface area contributed by atoms with Crippen LogP contribution in [0.3, 0.4) is 0 Å². The average molecular weight is 455 g/mol. The number of H-pyrrole nitrogens is 3. The summed E-state index contributed by atoms with van der Waals surface area (Å²) >= 11 is 0. The third-order valence-electron chi connectivity index (χ3n) is 5.43. The van der Waals surface area contributed by atoms with Gasteiger partial charge in [0.25, 0.3) is 0 Å². The van der Waals surface area contributed by atoms with Crippen LogP contribution in [0.2, 0.25) is 0 Å². The van der Waals surface area contributed by atoms with Crippen molar-refractivity contribution < 1.29 is 0 Å². The fourth-order valence-electron chi connectivity index (χ4n) is 4.22. The molecule has 0 unspecified atom stereocenters. The molecule has 3 N–H and O–H groups in total. The molecular formula is C28H34N6. The molecule has 0 saturated heterocycles. The normalized spacial score (nSPS) is 13.9. The Hall–Kier alpha value is -3.93. The molecule has 0 aliphatic carbocycles. The summed E-state index contributed by atoms with van der Waals surface area (Å²) in [5.74, 6) is -0.191. The maximum Gasteiger partial charge on any atom is 0.0893 e. The molecule has 3 aromatic heterocycles. The highest BCUT2D eigenvalue weighted by Crippen LogP contribution is 2.42. The van der Waals surface area contributed by atoms with Crippen LogP contribution in [-0.4, -0.2) is 30.6 Å². The maximum atomic E-state index is 4.67. The van der Waals surface area contributed by atoms with Gasteiger partial charge in [0.05, 0.1) is 34.2 Å². The lowest BCUT2D eigenvalue weighted by Gasteiger charge is -2.20. The quantitative estimate of drug-likeness (QED) is 0.319.